The predicted octanol–water partition coefficient (Wildman–Crippen LogP) is 0.797. The van der Waals surface area contributed by atoms with Crippen molar-refractivity contribution in [2.75, 3.05) is 38.5 Å². The number of carbonyl (C=O) groups is 1. The van der Waals surface area contributed by atoms with E-state index in [1.807, 2.05) is 24.1 Å². The van der Waals surface area contributed by atoms with Gasteiger partial charge in [-0.05, 0) is 32.0 Å². The van der Waals surface area contributed by atoms with E-state index in [2.05, 4.69) is 15.2 Å². The standard InChI is InChI=1S/C17H26N4O2/c1-20-11-13(16(22)12-20)10-17(23)21-8-4-15(5-9-21)19-14-2-6-18-7-3-14/h2-3,6-7,13,15-16,22H,4-5,8-12H2,1H3,(H,18,19)/t13-,16-/m1/s1. The molecule has 23 heavy (non-hydrogen) atoms. The van der Waals surface area contributed by atoms with Crippen molar-refractivity contribution in [1.29, 1.82) is 0 Å². The molecular formula is C17H26N4O2. The number of hydrogen-bond acceptors (Lipinski definition) is 5. The molecule has 0 spiro atoms. The third kappa shape index (κ3) is 4.20. The maximum Gasteiger partial charge on any atom is 0.222 e. The van der Waals surface area contributed by atoms with Gasteiger partial charge < -0.3 is 20.2 Å². The third-order valence-electron chi connectivity index (χ3n) is 4.92. The highest BCUT2D eigenvalue weighted by Gasteiger charge is 2.32. The second-order valence-corrected chi connectivity index (χ2v) is 6.79. The number of nitrogens with one attached hydrogen (secondary N) is 1. The Hall–Kier alpha value is -1.66. The topological polar surface area (TPSA) is 68.7 Å². The minimum atomic E-state index is -0.366. The largest absolute Gasteiger partial charge is 0.391 e. The van der Waals surface area contributed by atoms with E-state index in [0.717, 1.165) is 38.2 Å². The lowest BCUT2D eigenvalue weighted by Gasteiger charge is -2.33. The van der Waals surface area contributed by atoms with Gasteiger partial charge in [-0.3, -0.25) is 9.78 Å². The Morgan fingerprint density at radius 1 is 1.30 bits per heavy atom. The van der Waals surface area contributed by atoms with Crippen molar-refractivity contribution in [3.8, 4) is 0 Å². The molecule has 0 aliphatic carbocycles. The minimum absolute atomic E-state index is 0.0835. The van der Waals surface area contributed by atoms with Crippen molar-refractivity contribution < 1.29 is 9.90 Å². The summed E-state index contributed by atoms with van der Waals surface area (Å²) >= 11 is 0. The molecule has 6 nitrogen and oxygen atoms in total. The molecular weight excluding hydrogens is 292 g/mol. The van der Waals surface area contributed by atoms with Crippen molar-refractivity contribution in [2.45, 2.75) is 31.4 Å². The number of hydrogen-bond donors (Lipinski definition) is 2. The Labute approximate surface area is 137 Å². The Balaban J connectivity index is 1.44. The zero-order valence-corrected chi connectivity index (χ0v) is 13.7. The summed E-state index contributed by atoms with van der Waals surface area (Å²) in [5.74, 6) is 0.270. The predicted molar refractivity (Wildman–Crippen MR) is 89.1 cm³/mol. The van der Waals surface area contributed by atoms with E-state index in [-0.39, 0.29) is 17.9 Å². The molecule has 1 amide bonds. The Morgan fingerprint density at radius 2 is 2.00 bits per heavy atom. The second-order valence-electron chi connectivity index (χ2n) is 6.79. The van der Waals surface area contributed by atoms with Gasteiger partial charge >= 0.3 is 0 Å². The number of β-amino-alcohol motifs (C(OH)–C–C–N with tert-alkyl or cyclic N) is 1. The highest BCUT2D eigenvalue weighted by atomic mass is 16.3. The molecule has 2 fully saturated rings. The number of carbonyl (C=O) groups excluding carboxylic acids is 1. The van der Waals surface area contributed by atoms with Gasteiger partial charge in [-0.2, -0.15) is 0 Å². The Bertz CT molecular complexity index is 517. The van der Waals surface area contributed by atoms with E-state index in [4.69, 9.17) is 0 Å². The van der Waals surface area contributed by atoms with Gasteiger partial charge in [0.2, 0.25) is 5.91 Å². The van der Waals surface area contributed by atoms with Gasteiger partial charge in [-0.15, -0.1) is 0 Å². The SMILES string of the molecule is CN1C[C@@H](CC(=O)N2CCC(Nc3ccncc3)CC2)[C@H](O)C1. The van der Waals surface area contributed by atoms with Crippen LogP contribution < -0.4 is 5.32 Å². The van der Waals surface area contributed by atoms with Crippen LogP contribution in [0.5, 0.6) is 0 Å². The van der Waals surface area contributed by atoms with Crippen LogP contribution in [0.3, 0.4) is 0 Å². The summed E-state index contributed by atoms with van der Waals surface area (Å²) in [6.07, 6.45) is 5.58. The number of likely N-dealkylation sites (tertiary alicyclic amines) is 2. The molecule has 3 rings (SSSR count). The van der Waals surface area contributed by atoms with Gasteiger partial charge in [-0.25, -0.2) is 0 Å². The van der Waals surface area contributed by atoms with Crippen molar-refractivity contribution in [1.82, 2.24) is 14.8 Å². The molecule has 2 N–H and O–H groups in total. The van der Waals surface area contributed by atoms with E-state index < -0.39 is 0 Å². The summed E-state index contributed by atoms with van der Waals surface area (Å²) in [7, 11) is 1.99. The number of aliphatic hydroxyl groups excluding tert-OH is 1. The lowest BCUT2D eigenvalue weighted by molar-refractivity contribution is -0.133. The Morgan fingerprint density at radius 3 is 2.61 bits per heavy atom. The summed E-state index contributed by atoms with van der Waals surface area (Å²) in [6.45, 7) is 3.07. The van der Waals surface area contributed by atoms with Crippen LogP contribution in [-0.4, -0.2) is 71.2 Å². The van der Waals surface area contributed by atoms with Gasteiger partial charge in [0, 0.05) is 62.6 Å². The summed E-state index contributed by atoms with van der Waals surface area (Å²) in [4.78, 5) is 20.5. The molecule has 2 aliphatic rings. The molecule has 126 valence electrons. The second kappa shape index (κ2) is 7.27. The summed E-state index contributed by atoms with van der Waals surface area (Å²) < 4.78 is 0. The Kier molecular flexibility index (Phi) is 5.13. The van der Waals surface area contributed by atoms with Gasteiger partial charge in [-0.1, -0.05) is 0 Å². The number of likely N-dealkylation sites (N-methyl/N-ethyl adjacent to an activating group) is 1. The molecule has 0 saturated carbocycles. The van der Waals surface area contributed by atoms with Crippen LogP contribution in [0.1, 0.15) is 19.3 Å². The highest BCUT2D eigenvalue weighted by Crippen LogP contribution is 2.22. The number of piperidine rings is 1. The van der Waals surface area contributed by atoms with Crippen LogP contribution in [-0.2, 0) is 4.79 Å². The average Bonchev–Trinajstić information content (AvgIpc) is 2.86. The molecule has 3 heterocycles. The van der Waals surface area contributed by atoms with Crippen molar-refractivity contribution in [2.24, 2.45) is 5.92 Å². The lowest BCUT2D eigenvalue weighted by Crippen LogP contribution is -2.43. The number of pyridine rings is 1. The average molecular weight is 318 g/mol. The highest BCUT2D eigenvalue weighted by molar-refractivity contribution is 5.76. The van der Waals surface area contributed by atoms with Crippen LogP contribution in [0, 0.1) is 5.92 Å². The number of rotatable bonds is 4. The molecule has 1 aromatic rings. The van der Waals surface area contributed by atoms with Crippen molar-refractivity contribution in [3.63, 3.8) is 0 Å². The van der Waals surface area contributed by atoms with Crippen LogP contribution in [0.4, 0.5) is 5.69 Å². The molecule has 0 unspecified atom stereocenters. The third-order valence-corrected chi connectivity index (χ3v) is 4.92. The normalized spacial score (nSPS) is 26.4. The summed E-state index contributed by atoms with van der Waals surface area (Å²) in [6, 6.07) is 4.34. The zero-order chi connectivity index (χ0) is 16.2. The van der Waals surface area contributed by atoms with Crippen molar-refractivity contribution >= 4 is 11.6 Å². The van der Waals surface area contributed by atoms with Crippen LogP contribution in [0.2, 0.25) is 0 Å². The first kappa shape index (κ1) is 16.2. The first-order chi connectivity index (χ1) is 11.1. The van der Waals surface area contributed by atoms with Gasteiger partial charge in [0.15, 0.2) is 0 Å². The quantitative estimate of drug-likeness (QED) is 0.859. The molecule has 0 aromatic carbocycles. The molecule has 0 radical (unpaired) electrons. The van der Waals surface area contributed by atoms with Crippen LogP contribution in [0.15, 0.2) is 24.5 Å². The van der Waals surface area contributed by atoms with Gasteiger partial charge in [0.25, 0.3) is 0 Å². The first-order valence-electron chi connectivity index (χ1n) is 8.43. The minimum Gasteiger partial charge on any atom is -0.391 e. The smallest absolute Gasteiger partial charge is 0.222 e. The van der Waals surface area contributed by atoms with E-state index in [1.54, 1.807) is 12.4 Å². The summed E-state index contributed by atoms with van der Waals surface area (Å²) in [5, 5.41) is 13.5. The molecule has 2 saturated heterocycles. The van der Waals surface area contributed by atoms with E-state index in [1.165, 1.54) is 0 Å². The maximum absolute atomic E-state index is 12.4. The van der Waals surface area contributed by atoms with E-state index >= 15 is 0 Å². The lowest BCUT2D eigenvalue weighted by atomic mass is 9.99. The number of aromatic nitrogens is 1. The molecule has 2 aliphatic heterocycles. The molecule has 6 heteroatoms. The number of nitrogens with zero attached hydrogens (tertiary/aromatic N) is 3. The zero-order valence-electron chi connectivity index (χ0n) is 13.7. The number of aliphatic hydroxyl groups is 1. The van der Waals surface area contributed by atoms with Gasteiger partial charge in [0.05, 0.1) is 6.10 Å². The maximum atomic E-state index is 12.4. The van der Waals surface area contributed by atoms with Crippen molar-refractivity contribution in [3.05, 3.63) is 24.5 Å². The van der Waals surface area contributed by atoms with Gasteiger partial charge in [0.1, 0.15) is 0 Å². The fourth-order valence-electron chi connectivity index (χ4n) is 3.58. The van der Waals surface area contributed by atoms with Crippen LogP contribution >= 0.6 is 0 Å². The fourth-order valence-corrected chi connectivity index (χ4v) is 3.58. The number of amides is 1. The van der Waals surface area contributed by atoms with E-state index in [9.17, 15) is 9.90 Å². The molecule has 1 aromatic heterocycles. The summed E-state index contributed by atoms with van der Waals surface area (Å²) in [5.41, 5.74) is 1.09. The van der Waals surface area contributed by atoms with E-state index in [0.29, 0.717) is 19.0 Å². The van der Waals surface area contributed by atoms with Crippen LogP contribution in [0.25, 0.3) is 0 Å². The molecule has 2 atom stereocenters. The monoisotopic (exact) mass is 318 g/mol. The number of anilines is 1. The molecule has 0 bridgehead atoms. The first-order valence-corrected chi connectivity index (χ1v) is 8.43. The fraction of sp³-hybridized carbons (Fsp3) is 0.647.